The second-order valence-electron chi connectivity index (χ2n) is 5.70. The van der Waals surface area contributed by atoms with Gasteiger partial charge in [0, 0.05) is 36.0 Å². The maximum absolute atomic E-state index is 6.19. The van der Waals surface area contributed by atoms with E-state index in [1.165, 1.54) is 11.1 Å². The first-order chi connectivity index (χ1) is 9.97. The lowest BCUT2D eigenvalue weighted by Crippen LogP contribution is -2.23. The molecule has 0 spiro atoms. The summed E-state index contributed by atoms with van der Waals surface area (Å²) in [6, 6.07) is 15.1. The fraction of sp³-hybridized carbons (Fsp3) is 0.333. The average molecular weight is 303 g/mol. The molecule has 0 unspecified atom stereocenters. The smallest absolute Gasteiger partial charge is 0.0468 e. The molecule has 0 saturated heterocycles. The molecule has 0 heterocycles. The van der Waals surface area contributed by atoms with Crippen LogP contribution in [0.25, 0.3) is 0 Å². The first-order valence-electron chi connectivity index (χ1n) is 7.29. The van der Waals surface area contributed by atoms with Gasteiger partial charge >= 0.3 is 0 Å². The molecule has 0 aliphatic carbocycles. The van der Waals surface area contributed by atoms with Gasteiger partial charge in [0.2, 0.25) is 0 Å². The molecule has 0 saturated carbocycles. The Morgan fingerprint density at radius 3 is 2.38 bits per heavy atom. The Morgan fingerprint density at radius 1 is 1.10 bits per heavy atom. The van der Waals surface area contributed by atoms with Crippen LogP contribution in [0.3, 0.4) is 0 Å². The number of nitrogens with one attached hydrogen (secondary N) is 1. The van der Waals surface area contributed by atoms with E-state index in [1.54, 1.807) is 0 Å². The normalized spacial score (nSPS) is 11.0. The number of hydrogen-bond donors (Lipinski definition) is 1. The van der Waals surface area contributed by atoms with E-state index in [2.05, 4.69) is 68.4 Å². The zero-order valence-corrected chi connectivity index (χ0v) is 13.9. The molecule has 0 radical (unpaired) electrons. The summed E-state index contributed by atoms with van der Waals surface area (Å²) in [6.07, 6.45) is 0. The van der Waals surface area contributed by atoms with E-state index in [0.717, 1.165) is 22.9 Å². The third kappa shape index (κ3) is 4.23. The lowest BCUT2D eigenvalue weighted by molar-refractivity contribution is 0.589. The average Bonchev–Trinajstić information content (AvgIpc) is 2.46. The van der Waals surface area contributed by atoms with Crippen LogP contribution < -0.4 is 10.2 Å². The number of anilines is 2. The first-order valence-corrected chi connectivity index (χ1v) is 7.67. The molecule has 2 aromatic rings. The lowest BCUT2D eigenvalue weighted by atomic mass is 10.1. The van der Waals surface area contributed by atoms with E-state index < -0.39 is 0 Å². The van der Waals surface area contributed by atoms with Crippen molar-refractivity contribution in [2.45, 2.75) is 33.4 Å². The molecule has 0 aliphatic heterocycles. The standard InChI is InChI=1S/C18H23ClN2/c1-13(2)20-12-15-7-8-16(19)11-18(15)21(4)17-9-5-14(3)6-10-17/h5-11,13,20H,12H2,1-4H3. The van der Waals surface area contributed by atoms with Crippen LogP contribution in [0.2, 0.25) is 5.02 Å². The SMILES string of the molecule is Cc1ccc(N(C)c2cc(Cl)ccc2CNC(C)C)cc1. The molecule has 2 rings (SSSR count). The Balaban J connectivity index is 2.31. The van der Waals surface area contributed by atoms with Crippen molar-refractivity contribution in [3.8, 4) is 0 Å². The Labute approximate surface area is 132 Å². The molecular formula is C18H23ClN2. The van der Waals surface area contributed by atoms with E-state index in [-0.39, 0.29) is 0 Å². The van der Waals surface area contributed by atoms with Crippen molar-refractivity contribution in [1.29, 1.82) is 0 Å². The maximum Gasteiger partial charge on any atom is 0.0468 e. The van der Waals surface area contributed by atoms with Gasteiger partial charge < -0.3 is 10.2 Å². The minimum atomic E-state index is 0.457. The number of hydrogen-bond acceptors (Lipinski definition) is 2. The Morgan fingerprint density at radius 2 is 1.76 bits per heavy atom. The van der Waals surface area contributed by atoms with Crippen LogP contribution in [-0.2, 0) is 6.54 Å². The van der Waals surface area contributed by atoms with Gasteiger partial charge in [-0.05, 0) is 36.8 Å². The first kappa shape index (κ1) is 15.9. The van der Waals surface area contributed by atoms with E-state index in [0.29, 0.717) is 6.04 Å². The van der Waals surface area contributed by atoms with E-state index in [9.17, 15) is 0 Å². The summed E-state index contributed by atoms with van der Waals surface area (Å²) in [5.41, 5.74) is 4.81. The number of rotatable bonds is 5. The van der Waals surface area contributed by atoms with Crippen molar-refractivity contribution < 1.29 is 0 Å². The van der Waals surface area contributed by atoms with Gasteiger partial charge in [0.15, 0.2) is 0 Å². The van der Waals surface area contributed by atoms with Gasteiger partial charge in [-0.1, -0.05) is 49.2 Å². The molecule has 112 valence electrons. The highest BCUT2D eigenvalue weighted by Gasteiger charge is 2.10. The van der Waals surface area contributed by atoms with E-state index >= 15 is 0 Å². The van der Waals surface area contributed by atoms with Crippen LogP contribution in [0.5, 0.6) is 0 Å². The quantitative estimate of drug-likeness (QED) is 0.844. The highest BCUT2D eigenvalue weighted by atomic mass is 35.5. The molecule has 2 nitrogen and oxygen atoms in total. The van der Waals surface area contributed by atoms with Crippen molar-refractivity contribution >= 4 is 23.0 Å². The van der Waals surface area contributed by atoms with Gasteiger partial charge in [0.1, 0.15) is 0 Å². The van der Waals surface area contributed by atoms with Gasteiger partial charge in [0.05, 0.1) is 0 Å². The number of halogens is 1. The second-order valence-corrected chi connectivity index (χ2v) is 6.14. The molecule has 0 atom stereocenters. The summed E-state index contributed by atoms with van der Waals surface area (Å²) in [4.78, 5) is 2.18. The summed E-state index contributed by atoms with van der Waals surface area (Å²) in [7, 11) is 2.08. The zero-order chi connectivity index (χ0) is 15.4. The van der Waals surface area contributed by atoms with Crippen molar-refractivity contribution in [2.75, 3.05) is 11.9 Å². The summed E-state index contributed by atoms with van der Waals surface area (Å²) >= 11 is 6.19. The minimum Gasteiger partial charge on any atom is -0.344 e. The fourth-order valence-corrected chi connectivity index (χ4v) is 2.39. The van der Waals surface area contributed by atoms with Crippen LogP contribution in [0.4, 0.5) is 11.4 Å². The summed E-state index contributed by atoms with van der Waals surface area (Å²) < 4.78 is 0. The summed E-state index contributed by atoms with van der Waals surface area (Å²) in [5.74, 6) is 0. The van der Waals surface area contributed by atoms with Crippen LogP contribution >= 0.6 is 11.6 Å². The van der Waals surface area contributed by atoms with Gasteiger partial charge in [-0.25, -0.2) is 0 Å². The molecule has 1 N–H and O–H groups in total. The summed E-state index contributed by atoms with van der Waals surface area (Å²) in [6.45, 7) is 7.24. The summed E-state index contributed by atoms with van der Waals surface area (Å²) in [5, 5.41) is 4.23. The van der Waals surface area contributed by atoms with Gasteiger partial charge in [0.25, 0.3) is 0 Å². The lowest BCUT2D eigenvalue weighted by Gasteiger charge is -2.24. The van der Waals surface area contributed by atoms with Crippen LogP contribution in [0.1, 0.15) is 25.0 Å². The molecule has 3 heteroatoms. The highest BCUT2D eigenvalue weighted by Crippen LogP contribution is 2.30. The fourth-order valence-electron chi connectivity index (χ4n) is 2.22. The van der Waals surface area contributed by atoms with Crippen LogP contribution in [0, 0.1) is 6.92 Å². The molecule has 0 amide bonds. The van der Waals surface area contributed by atoms with Crippen LogP contribution in [-0.4, -0.2) is 13.1 Å². The monoisotopic (exact) mass is 302 g/mol. The largest absolute Gasteiger partial charge is 0.344 e. The van der Waals surface area contributed by atoms with Crippen LogP contribution in [0.15, 0.2) is 42.5 Å². The minimum absolute atomic E-state index is 0.457. The second kappa shape index (κ2) is 6.97. The predicted octanol–water partition coefficient (Wildman–Crippen LogP) is 4.91. The molecule has 21 heavy (non-hydrogen) atoms. The Hall–Kier alpha value is -1.51. The Kier molecular flexibility index (Phi) is 5.27. The molecule has 0 aliphatic rings. The Bertz CT molecular complexity index is 591. The van der Waals surface area contributed by atoms with E-state index in [4.69, 9.17) is 11.6 Å². The number of nitrogens with zero attached hydrogens (tertiary/aromatic N) is 1. The van der Waals surface area contributed by atoms with Crippen molar-refractivity contribution in [1.82, 2.24) is 5.32 Å². The van der Waals surface area contributed by atoms with E-state index in [1.807, 2.05) is 12.1 Å². The van der Waals surface area contributed by atoms with Crippen molar-refractivity contribution in [3.63, 3.8) is 0 Å². The van der Waals surface area contributed by atoms with Crippen molar-refractivity contribution in [2.24, 2.45) is 0 Å². The maximum atomic E-state index is 6.19. The zero-order valence-electron chi connectivity index (χ0n) is 13.2. The van der Waals surface area contributed by atoms with Gasteiger partial charge in [-0.2, -0.15) is 0 Å². The third-order valence-electron chi connectivity index (χ3n) is 3.53. The molecular weight excluding hydrogens is 280 g/mol. The van der Waals surface area contributed by atoms with Gasteiger partial charge in [-0.3, -0.25) is 0 Å². The molecule has 2 aromatic carbocycles. The number of aryl methyl sites for hydroxylation is 1. The van der Waals surface area contributed by atoms with Gasteiger partial charge in [-0.15, -0.1) is 0 Å². The van der Waals surface area contributed by atoms with Crippen molar-refractivity contribution in [3.05, 3.63) is 58.6 Å². The predicted molar refractivity (Wildman–Crippen MR) is 92.7 cm³/mol. The highest BCUT2D eigenvalue weighted by molar-refractivity contribution is 6.30. The number of benzene rings is 2. The molecule has 0 fully saturated rings. The molecule has 0 bridgehead atoms. The molecule has 0 aromatic heterocycles. The topological polar surface area (TPSA) is 15.3 Å². The third-order valence-corrected chi connectivity index (χ3v) is 3.77.